The molecule has 3 heteroatoms. The standard InChI is InChI=1S/C17H20ClNO/c18-14-16(13-15-7-3-1-4-8-15)19-11-12-20-17-9-5-2-6-10-17/h1-10,16,19H,11-14H2. The minimum absolute atomic E-state index is 0.276. The van der Waals surface area contributed by atoms with Crippen molar-refractivity contribution >= 4 is 11.6 Å². The fraction of sp³-hybridized carbons (Fsp3) is 0.294. The highest BCUT2D eigenvalue weighted by atomic mass is 35.5. The van der Waals surface area contributed by atoms with Crippen LogP contribution in [0.3, 0.4) is 0 Å². The Morgan fingerprint density at radius 2 is 1.60 bits per heavy atom. The summed E-state index contributed by atoms with van der Waals surface area (Å²) in [5.41, 5.74) is 1.30. The molecule has 0 fully saturated rings. The maximum Gasteiger partial charge on any atom is 0.119 e. The van der Waals surface area contributed by atoms with Crippen molar-refractivity contribution in [3.63, 3.8) is 0 Å². The first kappa shape index (κ1) is 14.9. The smallest absolute Gasteiger partial charge is 0.119 e. The molecule has 2 aromatic rings. The van der Waals surface area contributed by atoms with Crippen molar-refractivity contribution in [3.8, 4) is 5.75 Å². The van der Waals surface area contributed by atoms with E-state index in [0.29, 0.717) is 12.5 Å². The van der Waals surface area contributed by atoms with Crippen LogP contribution in [0.2, 0.25) is 0 Å². The minimum Gasteiger partial charge on any atom is -0.492 e. The molecule has 0 heterocycles. The number of para-hydroxylation sites is 1. The molecule has 0 radical (unpaired) electrons. The van der Waals surface area contributed by atoms with Gasteiger partial charge in [-0.05, 0) is 24.1 Å². The largest absolute Gasteiger partial charge is 0.492 e. The number of hydrogen-bond donors (Lipinski definition) is 1. The molecule has 0 aliphatic carbocycles. The molecule has 0 amide bonds. The summed E-state index contributed by atoms with van der Waals surface area (Å²) in [4.78, 5) is 0. The lowest BCUT2D eigenvalue weighted by Crippen LogP contribution is -2.35. The fourth-order valence-electron chi connectivity index (χ4n) is 2.03. The number of ether oxygens (including phenoxy) is 1. The predicted molar refractivity (Wildman–Crippen MR) is 84.6 cm³/mol. The van der Waals surface area contributed by atoms with Gasteiger partial charge in [-0.1, -0.05) is 48.5 Å². The third-order valence-electron chi connectivity index (χ3n) is 3.06. The average molecular weight is 290 g/mol. The van der Waals surface area contributed by atoms with E-state index in [1.807, 2.05) is 36.4 Å². The van der Waals surface area contributed by atoms with E-state index in [4.69, 9.17) is 16.3 Å². The van der Waals surface area contributed by atoms with E-state index in [1.54, 1.807) is 0 Å². The molecule has 1 unspecified atom stereocenters. The van der Waals surface area contributed by atoms with Crippen LogP contribution in [0.25, 0.3) is 0 Å². The van der Waals surface area contributed by atoms with E-state index >= 15 is 0 Å². The molecular formula is C17H20ClNO. The van der Waals surface area contributed by atoms with Crippen molar-refractivity contribution in [2.45, 2.75) is 12.5 Å². The summed E-state index contributed by atoms with van der Waals surface area (Å²) in [6.45, 7) is 1.44. The van der Waals surface area contributed by atoms with E-state index in [0.717, 1.165) is 18.7 Å². The van der Waals surface area contributed by atoms with Crippen molar-refractivity contribution in [1.29, 1.82) is 0 Å². The first-order valence-corrected chi connectivity index (χ1v) is 7.43. The molecule has 20 heavy (non-hydrogen) atoms. The molecule has 2 nitrogen and oxygen atoms in total. The summed E-state index contributed by atoms with van der Waals surface area (Å²) in [7, 11) is 0. The van der Waals surface area contributed by atoms with E-state index in [1.165, 1.54) is 5.56 Å². The zero-order chi connectivity index (χ0) is 14.0. The van der Waals surface area contributed by atoms with E-state index < -0.39 is 0 Å². The van der Waals surface area contributed by atoms with Gasteiger partial charge >= 0.3 is 0 Å². The van der Waals surface area contributed by atoms with Crippen LogP contribution < -0.4 is 10.1 Å². The van der Waals surface area contributed by atoms with Crippen molar-refractivity contribution < 1.29 is 4.74 Å². The number of benzene rings is 2. The van der Waals surface area contributed by atoms with Gasteiger partial charge in [0.1, 0.15) is 12.4 Å². The highest BCUT2D eigenvalue weighted by Gasteiger charge is 2.07. The van der Waals surface area contributed by atoms with Crippen LogP contribution in [-0.4, -0.2) is 25.1 Å². The second kappa shape index (κ2) is 8.62. The topological polar surface area (TPSA) is 21.3 Å². The quantitative estimate of drug-likeness (QED) is 0.593. The maximum absolute atomic E-state index is 6.01. The summed E-state index contributed by atoms with van der Waals surface area (Å²) in [6.07, 6.45) is 0.940. The second-order valence-corrected chi connectivity index (χ2v) is 4.97. The van der Waals surface area contributed by atoms with Gasteiger partial charge < -0.3 is 10.1 Å². The van der Waals surface area contributed by atoms with E-state index in [9.17, 15) is 0 Å². The van der Waals surface area contributed by atoms with Gasteiger partial charge in [0, 0.05) is 18.5 Å². The molecule has 0 spiro atoms. The number of hydrogen-bond acceptors (Lipinski definition) is 2. The number of halogens is 1. The van der Waals surface area contributed by atoms with Crippen molar-refractivity contribution in [2.75, 3.05) is 19.0 Å². The van der Waals surface area contributed by atoms with Gasteiger partial charge in [-0.3, -0.25) is 0 Å². The van der Waals surface area contributed by atoms with E-state index in [2.05, 4.69) is 29.6 Å². The van der Waals surface area contributed by atoms with Gasteiger partial charge in [0.2, 0.25) is 0 Å². The summed E-state index contributed by atoms with van der Waals surface area (Å²) >= 11 is 6.01. The Morgan fingerprint density at radius 1 is 0.950 bits per heavy atom. The highest BCUT2D eigenvalue weighted by molar-refractivity contribution is 6.18. The number of alkyl halides is 1. The molecule has 1 N–H and O–H groups in total. The van der Waals surface area contributed by atoms with Crippen LogP contribution in [0.5, 0.6) is 5.75 Å². The fourth-order valence-corrected chi connectivity index (χ4v) is 2.25. The predicted octanol–water partition coefficient (Wildman–Crippen LogP) is 3.51. The van der Waals surface area contributed by atoms with Gasteiger partial charge in [-0.25, -0.2) is 0 Å². The Balaban J connectivity index is 1.69. The zero-order valence-electron chi connectivity index (χ0n) is 11.5. The number of rotatable bonds is 8. The summed E-state index contributed by atoms with van der Waals surface area (Å²) in [5.74, 6) is 1.50. The molecule has 0 saturated heterocycles. The molecule has 0 aliphatic rings. The van der Waals surface area contributed by atoms with Crippen molar-refractivity contribution in [1.82, 2.24) is 5.32 Å². The first-order valence-electron chi connectivity index (χ1n) is 6.89. The van der Waals surface area contributed by atoms with Crippen molar-refractivity contribution in [2.24, 2.45) is 0 Å². The van der Waals surface area contributed by atoms with Gasteiger partial charge in [0.15, 0.2) is 0 Å². The second-order valence-electron chi connectivity index (χ2n) is 4.66. The molecular weight excluding hydrogens is 270 g/mol. The lowest BCUT2D eigenvalue weighted by Gasteiger charge is -2.16. The summed E-state index contributed by atoms with van der Waals surface area (Å²) < 4.78 is 5.65. The maximum atomic E-state index is 6.01. The lowest BCUT2D eigenvalue weighted by atomic mass is 10.1. The van der Waals surface area contributed by atoms with Gasteiger partial charge in [0.25, 0.3) is 0 Å². The SMILES string of the molecule is ClCC(Cc1ccccc1)NCCOc1ccccc1. The molecule has 106 valence electrons. The minimum atomic E-state index is 0.276. The Hall–Kier alpha value is -1.51. The normalized spacial score (nSPS) is 12.1. The van der Waals surface area contributed by atoms with Gasteiger partial charge in [-0.2, -0.15) is 0 Å². The van der Waals surface area contributed by atoms with Crippen LogP contribution >= 0.6 is 11.6 Å². The Bertz CT molecular complexity index is 475. The number of nitrogens with one attached hydrogen (secondary N) is 1. The molecule has 2 aromatic carbocycles. The van der Waals surface area contributed by atoms with Gasteiger partial charge in [0.05, 0.1) is 0 Å². The van der Waals surface area contributed by atoms with E-state index in [-0.39, 0.29) is 6.04 Å². The monoisotopic (exact) mass is 289 g/mol. The average Bonchev–Trinajstić information content (AvgIpc) is 2.52. The molecule has 0 aliphatic heterocycles. The summed E-state index contributed by atoms with van der Waals surface area (Å²) in [5, 5.41) is 3.43. The third kappa shape index (κ3) is 5.24. The van der Waals surface area contributed by atoms with Crippen LogP contribution in [0, 0.1) is 0 Å². The molecule has 0 bridgehead atoms. The van der Waals surface area contributed by atoms with Gasteiger partial charge in [-0.15, -0.1) is 11.6 Å². The third-order valence-corrected chi connectivity index (χ3v) is 3.43. The highest BCUT2D eigenvalue weighted by Crippen LogP contribution is 2.08. The summed E-state index contributed by atoms with van der Waals surface area (Å²) in [6, 6.07) is 20.5. The van der Waals surface area contributed by atoms with Crippen molar-refractivity contribution in [3.05, 3.63) is 66.2 Å². The molecule has 0 saturated carbocycles. The Labute approximate surface area is 125 Å². The molecule has 1 atom stereocenters. The van der Waals surface area contributed by atoms with Crippen LogP contribution in [0.15, 0.2) is 60.7 Å². The van der Waals surface area contributed by atoms with Crippen LogP contribution in [0.1, 0.15) is 5.56 Å². The van der Waals surface area contributed by atoms with Crippen LogP contribution in [0.4, 0.5) is 0 Å². The Kier molecular flexibility index (Phi) is 6.42. The zero-order valence-corrected chi connectivity index (χ0v) is 12.2. The Morgan fingerprint density at radius 3 is 2.25 bits per heavy atom. The first-order chi connectivity index (χ1) is 9.88. The molecule has 0 aromatic heterocycles. The molecule has 2 rings (SSSR count). The van der Waals surface area contributed by atoms with Crippen LogP contribution in [-0.2, 0) is 6.42 Å². The lowest BCUT2D eigenvalue weighted by molar-refractivity contribution is 0.307.